The molecule has 0 aromatic carbocycles. The van der Waals surface area contributed by atoms with Crippen LogP contribution in [0, 0.1) is 0 Å². The minimum atomic E-state index is -1.28. The van der Waals surface area contributed by atoms with E-state index in [1.165, 1.54) is 6.92 Å². The second-order valence-electron chi connectivity index (χ2n) is 5.66. The number of rotatable bonds is 3. The first-order chi connectivity index (χ1) is 8.65. The molecule has 7 nitrogen and oxygen atoms in total. The van der Waals surface area contributed by atoms with Crippen molar-refractivity contribution in [2.45, 2.75) is 38.5 Å². The summed E-state index contributed by atoms with van der Waals surface area (Å²) in [6.45, 7) is 7.17. The average molecular weight is 273 g/mol. The minimum absolute atomic E-state index is 0.154. The molecule has 0 aromatic rings. The van der Waals surface area contributed by atoms with E-state index in [2.05, 4.69) is 10.2 Å². The normalized spacial score (nSPS) is 22.7. The van der Waals surface area contributed by atoms with Crippen LogP contribution in [0.15, 0.2) is 0 Å². The number of aliphatic carboxylic acids is 1. The van der Waals surface area contributed by atoms with E-state index in [0.29, 0.717) is 13.1 Å². The van der Waals surface area contributed by atoms with Crippen molar-refractivity contribution < 1.29 is 19.8 Å². The van der Waals surface area contributed by atoms with Crippen molar-refractivity contribution in [2.24, 2.45) is 0 Å². The van der Waals surface area contributed by atoms with Crippen molar-refractivity contribution in [1.29, 1.82) is 0 Å². The number of likely N-dealkylation sites (N-methyl/N-ethyl adjacent to an activating group) is 1. The summed E-state index contributed by atoms with van der Waals surface area (Å²) in [5.41, 5.74) is -0.154. The molecule has 1 saturated heterocycles. The molecule has 1 aliphatic heterocycles. The SMILES string of the molecule is CC(O)C(NC(=O)N1CCN(C)C(C)(C)C1)C(=O)O. The Morgan fingerprint density at radius 1 is 1.32 bits per heavy atom. The smallest absolute Gasteiger partial charge is 0.328 e. The van der Waals surface area contributed by atoms with Gasteiger partial charge in [0, 0.05) is 25.2 Å². The van der Waals surface area contributed by atoms with Crippen molar-refractivity contribution in [1.82, 2.24) is 15.1 Å². The van der Waals surface area contributed by atoms with Gasteiger partial charge in [-0.15, -0.1) is 0 Å². The fraction of sp³-hybridized carbons (Fsp3) is 0.833. The van der Waals surface area contributed by atoms with Crippen LogP contribution in [-0.4, -0.2) is 76.4 Å². The summed E-state index contributed by atoms with van der Waals surface area (Å²) in [5, 5.41) is 20.6. The van der Waals surface area contributed by atoms with Crippen LogP contribution < -0.4 is 5.32 Å². The Labute approximate surface area is 113 Å². The standard InChI is InChI=1S/C12H23N3O4/c1-8(16)9(10(17)18)13-11(19)15-6-5-14(4)12(2,3)7-15/h8-9,16H,5-7H2,1-4H3,(H,13,19)(H,17,18). The highest BCUT2D eigenvalue weighted by atomic mass is 16.4. The summed E-state index contributed by atoms with van der Waals surface area (Å²) in [6.07, 6.45) is -1.14. The molecule has 0 radical (unpaired) electrons. The first-order valence-electron chi connectivity index (χ1n) is 6.32. The highest BCUT2D eigenvalue weighted by Gasteiger charge is 2.35. The van der Waals surface area contributed by atoms with E-state index in [4.69, 9.17) is 5.11 Å². The molecular formula is C12H23N3O4. The molecular weight excluding hydrogens is 250 g/mol. The fourth-order valence-corrected chi connectivity index (χ4v) is 2.03. The molecule has 1 heterocycles. The Hall–Kier alpha value is -1.34. The maximum absolute atomic E-state index is 12.0. The number of carboxylic acid groups (broad SMARTS) is 1. The topological polar surface area (TPSA) is 93.1 Å². The maximum Gasteiger partial charge on any atom is 0.328 e. The van der Waals surface area contributed by atoms with Gasteiger partial charge >= 0.3 is 12.0 Å². The van der Waals surface area contributed by atoms with Crippen LogP contribution in [-0.2, 0) is 4.79 Å². The summed E-state index contributed by atoms with van der Waals surface area (Å²) >= 11 is 0. The predicted molar refractivity (Wildman–Crippen MR) is 69.9 cm³/mol. The van der Waals surface area contributed by atoms with Crippen LogP contribution in [0.5, 0.6) is 0 Å². The molecule has 3 N–H and O–H groups in total. The number of aliphatic hydroxyl groups excluding tert-OH is 1. The van der Waals surface area contributed by atoms with Gasteiger partial charge in [0.2, 0.25) is 0 Å². The quantitative estimate of drug-likeness (QED) is 0.648. The van der Waals surface area contributed by atoms with E-state index in [9.17, 15) is 14.7 Å². The van der Waals surface area contributed by atoms with Crippen LogP contribution in [0.2, 0.25) is 0 Å². The molecule has 110 valence electrons. The zero-order valence-electron chi connectivity index (χ0n) is 11.9. The molecule has 0 bridgehead atoms. The number of nitrogens with zero attached hydrogens (tertiary/aromatic N) is 2. The fourth-order valence-electron chi connectivity index (χ4n) is 2.03. The maximum atomic E-state index is 12.0. The summed E-state index contributed by atoms with van der Waals surface area (Å²) in [4.78, 5) is 26.7. The van der Waals surface area contributed by atoms with Crippen molar-refractivity contribution in [2.75, 3.05) is 26.7 Å². The van der Waals surface area contributed by atoms with Crippen molar-refractivity contribution in [3.8, 4) is 0 Å². The van der Waals surface area contributed by atoms with E-state index < -0.39 is 24.1 Å². The second-order valence-corrected chi connectivity index (χ2v) is 5.66. The van der Waals surface area contributed by atoms with E-state index in [1.807, 2.05) is 20.9 Å². The Balaban J connectivity index is 2.66. The predicted octanol–water partition coefficient (Wildman–Crippen LogP) is -0.444. The molecule has 0 saturated carbocycles. The van der Waals surface area contributed by atoms with Gasteiger partial charge in [-0.05, 0) is 27.8 Å². The Kier molecular flexibility index (Phi) is 4.75. The highest BCUT2D eigenvalue weighted by Crippen LogP contribution is 2.18. The third-order valence-electron chi connectivity index (χ3n) is 3.63. The third kappa shape index (κ3) is 3.81. The number of nitrogens with one attached hydrogen (secondary N) is 1. The highest BCUT2D eigenvalue weighted by molar-refractivity contribution is 5.83. The molecule has 1 fully saturated rings. The van der Waals surface area contributed by atoms with Gasteiger partial charge in [0.15, 0.2) is 6.04 Å². The van der Waals surface area contributed by atoms with Crippen LogP contribution in [0.1, 0.15) is 20.8 Å². The molecule has 1 aliphatic rings. The van der Waals surface area contributed by atoms with Gasteiger partial charge in [-0.2, -0.15) is 0 Å². The summed E-state index contributed by atoms with van der Waals surface area (Å²) in [7, 11) is 1.99. The van der Waals surface area contributed by atoms with E-state index >= 15 is 0 Å². The number of piperazine rings is 1. The van der Waals surface area contributed by atoms with Crippen molar-refractivity contribution in [3.63, 3.8) is 0 Å². The zero-order chi connectivity index (χ0) is 14.8. The largest absolute Gasteiger partial charge is 0.480 e. The number of carboxylic acids is 1. The van der Waals surface area contributed by atoms with Crippen LogP contribution in [0.25, 0.3) is 0 Å². The van der Waals surface area contributed by atoms with Crippen LogP contribution in [0.3, 0.4) is 0 Å². The lowest BCUT2D eigenvalue weighted by Gasteiger charge is -2.45. The second kappa shape index (κ2) is 5.75. The first kappa shape index (κ1) is 15.7. The van der Waals surface area contributed by atoms with Gasteiger partial charge in [-0.25, -0.2) is 9.59 Å². The number of carbonyl (C=O) groups excluding carboxylic acids is 1. The molecule has 0 aliphatic carbocycles. The zero-order valence-corrected chi connectivity index (χ0v) is 11.9. The molecule has 2 atom stereocenters. The number of hydrogen-bond donors (Lipinski definition) is 3. The lowest BCUT2D eigenvalue weighted by molar-refractivity contribution is -0.141. The number of urea groups is 1. The molecule has 1 rings (SSSR count). The van der Waals surface area contributed by atoms with Crippen molar-refractivity contribution >= 4 is 12.0 Å². The van der Waals surface area contributed by atoms with Gasteiger partial charge in [-0.1, -0.05) is 0 Å². The van der Waals surface area contributed by atoms with Gasteiger partial charge < -0.3 is 20.4 Å². The number of aliphatic hydroxyl groups is 1. The third-order valence-corrected chi connectivity index (χ3v) is 3.63. The molecule has 0 aromatic heterocycles. The lowest BCUT2D eigenvalue weighted by atomic mass is 10.00. The summed E-state index contributed by atoms with van der Waals surface area (Å²) in [5.74, 6) is -1.24. The minimum Gasteiger partial charge on any atom is -0.480 e. The summed E-state index contributed by atoms with van der Waals surface area (Å²) < 4.78 is 0. The first-order valence-corrected chi connectivity index (χ1v) is 6.32. The summed E-state index contributed by atoms with van der Waals surface area (Å²) in [6, 6.07) is -1.73. The molecule has 2 unspecified atom stereocenters. The number of amides is 2. The van der Waals surface area contributed by atoms with Crippen LogP contribution >= 0.6 is 0 Å². The van der Waals surface area contributed by atoms with Crippen LogP contribution in [0.4, 0.5) is 4.79 Å². The van der Waals surface area contributed by atoms with Gasteiger partial charge in [-0.3, -0.25) is 4.90 Å². The number of hydrogen-bond acceptors (Lipinski definition) is 4. The average Bonchev–Trinajstić information content (AvgIpc) is 2.28. The Morgan fingerprint density at radius 3 is 2.32 bits per heavy atom. The van der Waals surface area contributed by atoms with Gasteiger partial charge in [0.25, 0.3) is 0 Å². The molecule has 2 amide bonds. The van der Waals surface area contributed by atoms with E-state index in [1.54, 1.807) is 4.90 Å². The van der Waals surface area contributed by atoms with Gasteiger partial charge in [0.1, 0.15) is 0 Å². The monoisotopic (exact) mass is 273 g/mol. The van der Waals surface area contributed by atoms with Crippen molar-refractivity contribution in [3.05, 3.63) is 0 Å². The molecule has 19 heavy (non-hydrogen) atoms. The van der Waals surface area contributed by atoms with Gasteiger partial charge in [0.05, 0.1) is 6.10 Å². The van der Waals surface area contributed by atoms with E-state index in [0.717, 1.165) is 6.54 Å². The lowest BCUT2D eigenvalue weighted by Crippen LogP contribution is -2.62. The Morgan fingerprint density at radius 2 is 1.89 bits per heavy atom. The molecule has 7 heteroatoms. The Bertz CT molecular complexity index is 357. The molecule has 0 spiro atoms. The number of carbonyl (C=O) groups is 2. The van der Waals surface area contributed by atoms with E-state index in [-0.39, 0.29) is 5.54 Å².